The second-order valence-corrected chi connectivity index (χ2v) is 7.83. The summed E-state index contributed by atoms with van der Waals surface area (Å²) < 4.78 is 45.5. The van der Waals surface area contributed by atoms with E-state index in [4.69, 9.17) is 4.74 Å². The molecule has 0 bridgehead atoms. The maximum Gasteiger partial charge on any atom is 0.261 e. The number of halogens is 1. The predicted molar refractivity (Wildman–Crippen MR) is 108 cm³/mol. The molecule has 0 aliphatic heterocycles. The summed E-state index contributed by atoms with van der Waals surface area (Å²) in [6.45, 7) is 0. The molecule has 1 amide bonds. The number of benzene rings is 3. The van der Waals surface area contributed by atoms with E-state index in [1.807, 2.05) is 18.2 Å². The van der Waals surface area contributed by atoms with Gasteiger partial charge in [-0.25, -0.2) is 12.8 Å². The number of carbonyl (C=O) groups is 1. The van der Waals surface area contributed by atoms with Gasteiger partial charge in [0.25, 0.3) is 15.9 Å². The molecule has 0 saturated heterocycles. The van der Waals surface area contributed by atoms with Crippen molar-refractivity contribution in [1.29, 1.82) is 0 Å². The number of sulfonamides is 1. The molecule has 3 rings (SSSR count). The smallest absolute Gasteiger partial charge is 0.261 e. The summed E-state index contributed by atoms with van der Waals surface area (Å²) in [6, 6.07) is 19.7. The highest BCUT2D eigenvalue weighted by Crippen LogP contribution is 2.21. The number of methoxy groups -OCH3 is 1. The van der Waals surface area contributed by atoms with Crippen molar-refractivity contribution in [3.8, 4) is 0 Å². The fraction of sp³-hybridized carbons (Fsp3) is 0.0952. The van der Waals surface area contributed by atoms with Crippen LogP contribution in [0.4, 0.5) is 15.8 Å². The van der Waals surface area contributed by atoms with E-state index < -0.39 is 21.9 Å². The largest absolute Gasteiger partial charge is 0.367 e. The average Bonchev–Trinajstić information content (AvgIpc) is 2.71. The van der Waals surface area contributed by atoms with Crippen molar-refractivity contribution in [3.05, 3.63) is 90.2 Å². The Labute approximate surface area is 168 Å². The van der Waals surface area contributed by atoms with Crippen LogP contribution in [-0.4, -0.2) is 21.4 Å². The molecule has 29 heavy (non-hydrogen) atoms. The van der Waals surface area contributed by atoms with Crippen molar-refractivity contribution in [3.63, 3.8) is 0 Å². The summed E-state index contributed by atoms with van der Waals surface area (Å²) in [5, 5.41) is 2.71. The van der Waals surface area contributed by atoms with Gasteiger partial charge >= 0.3 is 0 Å². The van der Waals surface area contributed by atoms with Gasteiger partial charge in [0, 0.05) is 18.5 Å². The van der Waals surface area contributed by atoms with Crippen LogP contribution < -0.4 is 10.0 Å². The monoisotopic (exact) mass is 414 g/mol. The molecular weight excluding hydrogens is 395 g/mol. The van der Waals surface area contributed by atoms with E-state index >= 15 is 0 Å². The van der Waals surface area contributed by atoms with Gasteiger partial charge in [0.1, 0.15) is 5.82 Å². The van der Waals surface area contributed by atoms with Crippen LogP contribution in [-0.2, 0) is 19.6 Å². The quantitative estimate of drug-likeness (QED) is 0.613. The van der Waals surface area contributed by atoms with Crippen molar-refractivity contribution in [2.45, 2.75) is 11.0 Å². The van der Waals surface area contributed by atoms with Crippen molar-refractivity contribution in [2.75, 3.05) is 17.1 Å². The molecule has 0 spiro atoms. The SMILES string of the molecule is CO[C@H](C(=O)Nc1ccc(S(=O)(=O)Nc2ccc(F)cc2)cc1)c1ccccc1. The average molecular weight is 414 g/mol. The number of amides is 1. The van der Waals surface area contributed by atoms with Gasteiger partial charge < -0.3 is 10.1 Å². The molecule has 0 aromatic heterocycles. The molecule has 0 aliphatic rings. The third-order valence-corrected chi connectivity index (χ3v) is 5.50. The molecule has 0 aliphatic carbocycles. The Morgan fingerprint density at radius 1 is 0.897 bits per heavy atom. The number of anilines is 2. The van der Waals surface area contributed by atoms with Crippen molar-refractivity contribution in [1.82, 2.24) is 0 Å². The minimum atomic E-state index is -3.85. The van der Waals surface area contributed by atoms with E-state index in [1.54, 1.807) is 12.1 Å². The fourth-order valence-corrected chi connectivity index (χ4v) is 3.74. The third kappa shape index (κ3) is 5.18. The molecule has 0 unspecified atom stereocenters. The zero-order chi connectivity index (χ0) is 20.9. The van der Waals surface area contributed by atoms with E-state index in [0.717, 1.165) is 12.1 Å². The molecule has 2 N–H and O–H groups in total. The Bertz CT molecular complexity index is 1070. The lowest BCUT2D eigenvalue weighted by Gasteiger charge is -2.16. The Balaban J connectivity index is 1.70. The molecule has 0 fully saturated rings. The summed E-state index contributed by atoms with van der Waals surface area (Å²) in [4.78, 5) is 12.5. The van der Waals surface area contributed by atoms with Gasteiger partial charge in [0.2, 0.25) is 0 Å². The highest BCUT2D eigenvalue weighted by atomic mass is 32.2. The van der Waals surface area contributed by atoms with Crippen LogP contribution in [0.5, 0.6) is 0 Å². The van der Waals surface area contributed by atoms with Gasteiger partial charge in [0.15, 0.2) is 6.10 Å². The Morgan fingerprint density at radius 3 is 2.07 bits per heavy atom. The first-order chi connectivity index (χ1) is 13.9. The van der Waals surface area contributed by atoms with E-state index in [0.29, 0.717) is 11.3 Å². The maximum absolute atomic E-state index is 13.0. The number of carbonyl (C=O) groups excluding carboxylic acids is 1. The fourth-order valence-electron chi connectivity index (χ4n) is 2.68. The lowest BCUT2D eigenvalue weighted by molar-refractivity contribution is -0.126. The lowest BCUT2D eigenvalue weighted by atomic mass is 10.1. The predicted octanol–water partition coefficient (Wildman–Crippen LogP) is 3.95. The second-order valence-electron chi connectivity index (χ2n) is 6.15. The van der Waals surface area contributed by atoms with Gasteiger partial charge in [-0.2, -0.15) is 0 Å². The number of nitrogens with one attached hydrogen (secondary N) is 2. The molecular formula is C21H19FN2O4S. The van der Waals surface area contributed by atoms with E-state index in [1.165, 1.54) is 43.5 Å². The highest BCUT2D eigenvalue weighted by molar-refractivity contribution is 7.92. The zero-order valence-electron chi connectivity index (χ0n) is 15.5. The Morgan fingerprint density at radius 2 is 1.48 bits per heavy atom. The number of ether oxygens (including phenoxy) is 1. The molecule has 150 valence electrons. The van der Waals surface area contributed by atoms with E-state index in [9.17, 15) is 17.6 Å². The van der Waals surface area contributed by atoms with Gasteiger partial charge in [-0.15, -0.1) is 0 Å². The van der Waals surface area contributed by atoms with Crippen LogP contribution >= 0.6 is 0 Å². The van der Waals surface area contributed by atoms with Crippen LogP contribution in [0.2, 0.25) is 0 Å². The minimum Gasteiger partial charge on any atom is -0.367 e. The topological polar surface area (TPSA) is 84.5 Å². The third-order valence-electron chi connectivity index (χ3n) is 4.10. The van der Waals surface area contributed by atoms with Crippen LogP contribution in [0, 0.1) is 5.82 Å². The minimum absolute atomic E-state index is 0.00572. The molecule has 8 heteroatoms. The summed E-state index contributed by atoms with van der Waals surface area (Å²) in [5.74, 6) is -0.836. The van der Waals surface area contributed by atoms with Gasteiger partial charge in [-0.05, 0) is 54.1 Å². The molecule has 0 heterocycles. The van der Waals surface area contributed by atoms with Crippen LogP contribution in [0.25, 0.3) is 0 Å². The van der Waals surface area contributed by atoms with Crippen LogP contribution in [0.1, 0.15) is 11.7 Å². The first kappa shape index (κ1) is 20.5. The summed E-state index contributed by atoms with van der Waals surface area (Å²) >= 11 is 0. The second kappa shape index (κ2) is 8.85. The molecule has 1 atom stereocenters. The molecule has 6 nitrogen and oxygen atoms in total. The first-order valence-corrected chi connectivity index (χ1v) is 10.1. The number of rotatable bonds is 7. The Hall–Kier alpha value is -3.23. The zero-order valence-corrected chi connectivity index (χ0v) is 16.3. The number of hydrogen-bond donors (Lipinski definition) is 2. The van der Waals surface area contributed by atoms with Crippen molar-refractivity contribution >= 4 is 27.3 Å². The van der Waals surface area contributed by atoms with Crippen molar-refractivity contribution in [2.24, 2.45) is 0 Å². The standard InChI is InChI=1S/C21H19FN2O4S/c1-28-20(15-5-3-2-4-6-15)21(25)23-17-11-13-19(14-12-17)29(26,27)24-18-9-7-16(22)8-10-18/h2-14,20,24H,1H3,(H,23,25)/t20-/m0/s1. The Kier molecular flexibility index (Phi) is 6.26. The summed E-state index contributed by atoms with van der Waals surface area (Å²) in [6.07, 6.45) is -0.792. The molecule has 3 aromatic carbocycles. The van der Waals surface area contributed by atoms with Gasteiger partial charge in [-0.1, -0.05) is 30.3 Å². The lowest BCUT2D eigenvalue weighted by Crippen LogP contribution is -2.22. The van der Waals surface area contributed by atoms with Crippen LogP contribution in [0.15, 0.2) is 83.8 Å². The van der Waals surface area contributed by atoms with Gasteiger partial charge in [0.05, 0.1) is 4.90 Å². The maximum atomic E-state index is 13.0. The first-order valence-electron chi connectivity index (χ1n) is 8.66. The summed E-state index contributed by atoms with van der Waals surface area (Å²) in [7, 11) is -2.41. The molecule has 3 aromatic rings. The van der Waals surface area contributed by atoms with E-state index in [2.05, 4.69) is 10.0 Å². The molecule has 0 radical (unpaired) electrons. The highest BCUT2D eigenvalue weighted by Gasteiger charge is 2.20. The normalized spacial score (nSPS) is 12.2. The van der Waals surface area contributed by atoms with Crippen LogP contribution in [0.3, 0.4) is 0 Å². The molecule has 0 saturated carbocycles. The van der Waals surface area contributed by atoms with Crippen molar-refractivity contribution < 1.29 is 22.3 Å². The summed E-state index contributed by atoms with van der Waals surface area (Å²) in [5.41, 5.74) is 1.37. The number of hydrogen-bond acceptors (Lipinski definition) is 4. The van der Waals surface area contributed by atoms with E-state index in [-0.39, 0.29) is 16.5 Å². The van der Waals surface area contributed by atoms with Gasteiger partial charge in [-0.3, -0.25) is 9.52 Å².